The number of likely N-dealkylation sites (tertiary alicyclic amines) is 1. The van der Waals surface area contributed by atoms with Gasteiger partial charge in [-0.2, -0.15) is 0 Å². The van der Waals surface area contributed by atoms with Crippen LogP contribution in [0.5, 0.6) is 0 Å². The first-order valence-corrected chi connectivity index (χ1v) is 6.61. The number of hydrogen-bond donors (Lipinski definition) is 2. The van der Waals surface area contributed by atoms with Crippen molar-refractivity contribution in [2.45, 2.75) is 18.9 Å². The summed E-state index contributed by atoms with van der Waals surface area (Å²) in [5.41, 5.74) is 0. The van der Waals surface area contributed by atoms with Crippen LogP contribution in [0.1, 0.15) is 12.8 Å². The normalized spacial score (nSPS) is 25.5. The Kier molecular flexibility index (Phi) is 4.49. The third kappa shape index (κ3) is 3.51. The summed E-state index contributed by atoms with van der Waals surface area (Å²) >= 11 is 0. The fraction of sp³-hybridized carbons (Fsp3) is 0.750. The Labute approximate surface area is 112 Å². The van der Waals surface area contributed by atoms with Crippen LogP contribution in [0, 0.1) is 0 Å². The van der Waals surface area contributed by atoms with Crippen molar-refractivity contribution in [3.63, 3.8) is 0 Å². The first kappa shape index (κ1) is 14.0. The van der Waals surface area contributed by atoms with Gasteiger partial charge in [0.25, 0.3) is 5.91 Å². The minimum absolute atomic E-state index is 0.0721. The lowest BCUT2D eigenvalue weighted by molar-refractivity contribution is -0.138. The van der Waals surface area contributed by atoms with Crippen molar-refractivity contribution >= 4 is 17.7 Å². The molecule has 2 aliphatic rings. The van der Waals surface area contributed by atoms with Gasteiger partial charge in [0, 0.05) is 20.1 Å². The largest absolute Gasteiger partial charge is 0.343 e. The molecule has 2 rings (SSSR count). The van der Waals surface area contributed by atoms with Crippen LogP contribution in [0.4, 0.5) is 0 Å². The van der Waals surface area contributed by atoms with E-state index in [1.807, 2.05) is 0 Å². The van der Waals surface area contributed by atoms with E-state index in [1.165, 1.54) is 7.05 Å². The summed E-state index contributed by atoms with van der Waals surface area (Å²) in [6.07, 6.45) is 1.08. The van der Waals surface area contributed by atoms with E-state index in [0.29, 0.717) is 0 Å². The number of nitrogens with one attached hydrogen (secondary N) is 2. The van der Waals surface area contributed by atoms with E-state index in [4.69, 9.17) is 0 Å². The van der Waals surface area contributed by atoms with Gasteiger partial charge in [0.15, 0.2) is 0 Å². The molecule has 7 heteroatoms. The molecule has 2 fully saturated rings. The van der Waals surface area contributed by atoms with Gasteiger partial charge in [-0.25, -0.2) is 0 Å². The zero-order chi connectivity index (χ0) is 13.8. The zero-order valence-electron chi connectivity index (χ0n) is 11.1. The van der Waals surface area contributed by atoms with Crippen LogP contribution in [-0.4, -0.2) is 73.3 Å². The molecular formula is C12H20N4O3. The van der Waals surface area contributed by atoms with Crippen molar-refractivity contribution in [2.24, 2.45) is 0 Å². The molecule has 0 bridgehead atoms. The molecule has 0 aromatic carbocycles. The molecule has 7 nitrogen and oxygen atoms in total. The third-order valence-corrected chi connectivity index (χ3v) is 3.52. The molecule has 2 heterocycles. The van der Waals surface area contributed by atoms with Gasteiger partial charge in [-0.15, -0.1) is 0 Å². The molecule has 0 radical (unpaired) electrons. The lowest BCUT2D eigenvalue weighted by atomic mass is 10.2. The maximum absolute atomic E-state index is 11.9. The fourth-order valence-electron chi connectivity index (χ4n) is 2.37. The lowest BCUT2D eigenvalue weighted by Crippen LogP contribution is -2.45. The average molecular weight is 268 g/mol. The van der Waals surface area contributed by atoms with Crippen molar-refractivity contribution in [2.75, 3.05) is 39.8 Å². The Bertz CT molecular complexity index is 377. The molecule has 1 atom stereocenters. The molecule has 0 spiro atoms. The number of likely N-dealkylation sites (N-methyl/N-ethyl adjacent to an activating group) is 1. The molecule has 106 valence electrons. The fourth-order valence-corrected chi connectivity index (χ4v) is 2.37. The molecule has 3 amide bonds. The van der Waals surface area contributed by atoms with Gasteiger partial charge in [-0.05, 0) is 19.5 Å². The van der Waals surface area contributed by atoms with Gasteiger partial charge in [-0.1, -0.05) is 0 Å². The molecule has 0 aromatic rings. The Hall–Kier alpha value is -1.47. The highest BCUT2D eigenvalue weighted by Crippen LogP contribution is 2.10. The number of nitrogens with zero attached hydrogens (tertiary/aromatic N) is 2. The van der Waals surface area contributed by atoms with E-state index < -0.39 is 6.04 Å². The van der Waals surface area contributed by atoms with Gasteiger partial charge in [-0.3, -0.25) is 24.2 Å². The van der Waals surface area contributed by atoms with Crippen LogP contribution in [0.25, 0.3) is 0 Å². The maximum atomic E-state index is 11.9. The lowest BCUT2D eigenvalue weighted by Gasteiger charge is -2.19. The SMILES string of the molecule is CN1C(=O)CC(NC(=O)CN2CCCNCC2)C1=O. The first-order valence-electron chi connectivity index (χ1n) is 6.61. The molecule has 0 aromatic heterocycles. The first-order chi connectivity index (χ1) is 9.08. The predicted molar refractivity (Wildman–Crippen MR) is 68.3 cm³/mol. The topological polar surface area (TPSA) is 81.8 Å². The van der Waals surface area contributed by atoms with Crippen LogP contribution in [0.15, 0.2) is 0 Å². The standard InChI is InChI=1S/C12H20N4O3/c1-15-11(18)7-9(12(15)19)14-10(17)8-16-5-2-3-13-4-6-16/h9,13H,2-8H2,1H3,(H,14,17). The monoisotopic (exact) mass is 268 g/mol. The zero-order valence-corrected chi connectivity index (χ0v) is 11.1. The van der Waals surface area contributed by atoms with Crippen LogP contribution < -0.4 is 10.6 Å². The van der Waals surface area contributed by atoms with Crippen LogP contribution in [-0.2, 0) is 14.4 Å². The van der Waals surface area contributed by atoms with Crippen LogP contribution in [0.2, 0.25) is 0 Å². The molecule has 2 saturated heterocycles. The Morgan fingerprint density at radius 3 is 2.84 bits per heavy atom. The van der Waals surface area contributed by atoms with Gasteiger partial charge in [0.1, 0.15) is 6.04 Å². The average Bonchev–Trinajstić information content (AvgIpc) is 2.61. The van der Waals surface area contributed by atoms with Crippen molar-refractivity contribution in [3.8, 4) is 0 Å². The number of carbonyl (C=O) groups is 3. The summed E-state index contributed by atoms with van der Waals surface area (Å²) in [4.78, 5) is 38.0. The molecule has 1 unspecified atom stereocenters. The summed E-state index contributed by atoms with van der Waals surface area (Å²) in [5.74, 6) is -0.756. The van der Waals surface area contributed by atoms with Crippen molar-refractivity contribution in [3.05, 3.63) is 0 Å². The smallest absolute Gasteiger partial charge is 0.252 e. The highest BCUT2D eigenvalue weighted by molar-refractivity contribution is 6.06. The number of imide groups is 1. The minimum atomic E-state index is -0.685. The molecule has 0 aliphatic carbocycles. The van der Waals surface area contributed by atoms with Gasteiger partial charge < -0.3 is 10.6 Å². The summed E-state index contributed by atoms with van der Waals surface area (Å²) in [6.45, 7) is 3.82. The summed E-state index contributed by atoms with van der Waals surface area (Å²) in [5, 5.41) is 5.91. The number of rotatable bonds is 3. The van der Waals surface area contributed by atoms with Crippen molar-refractivity contribution in [1.82, 2.24) is 20.4 Å². The molecule has 2 N–H and O–H groups in total. The Morgan fingerprint density at radius 2 is 2.16 bits per heavy atom. The summed E-state index contributed by atoms with van der Waals surface area (Å²) < 4.78 is 0. The molecular weight excluding hydrogens is 248 g/mol. The predicted octanol–water partition coefficient (Wildman–Crippen LogP) is -1.84. The second-order valence-electron chi connectivity index (χ2n) is 4.99. The quantitative estimate of drug-likeness (QED) is 0.588. The number of carbonyl (C=O) groups excluding carboxylic acids is 3. The maximum Gasteiger partial charge on any atom is 0.252 e. The number of hydrogen-bond acceptors (Lipinski definition) is 5. The van der Waals surface area contributed by atoms with E-state index in [2.05, 4.69) is 15.5 Å². The second kappa shape index (κ2) is 6.12. The Balaban J connectivity index is 1.81. The third-order valence-electron chi connectivity index (χ3n) is 3.52. The highest BCUT2D eigenvalue weighted by Gasteiger charge is 2.36. The van der Waals surface area contributed by atoms with Crippen LogP contribution in [0.3, 0.4) is 0 Å². The summed E-state index contributed by atoms with van der Waals surface area (Å²) in [6, 6.07) is -0.685. The molecule has 2 aliphatic heterocycles. The summed E-state index contributed by atoms with van der Waals surface area (Å²) in [7, 11) is 1.44. The van der Waals surface area contributed by atoms with Gasteiger partial charge in [0.05, 0.1) is 13.0 Å². The number of amides is 3. The van der Waals surface area contributed by atoms with Crippen LogP contribution >= 0.6 is 0 Å². The van der Waals surface area contributed by atoms with Gasteiger partial charge in [0.2, 0.25) is 11.8 Å². The Morgan fingerprint density at radius 1 is 1.37 bits per heavy atom. The van der Waals surface area contributed by atoms with E-state index in [1.54, 1.807) is 0 Å². The van der Waals surface area contributed by atoms with Crippen molar-refractivity contribution < 1.29 is 14.4 Å². The van der Waals surface area contributed by atoms with Gasteiger partial charge >= 0.3 is 0 Å². The van der Waals surface area contributed by atoms with E-state index in [0.717, 1.165) is 37.5 Å². The highest BCUT2D eigenvalue weighted by atomic mass is 16.2. The van der Waals surface area contributed by atoms with Crippen molar-refractivity contribution in [1.29, 1.82) is 0 Å². The van der Waals surface area contributed by atoms with E-state index >= 15 is 0 Å². The molecule has 0 saturated carbocycles. The second-order valence-corrected chi connectivity index (χ2v) is 4.99. The minimum Gasteiger partial charge on any atom is -0.343 e. The molecule has 19 heavy (non-hydrogen) atoms. The van der Waals surface area contributed by atoms with E-state index in [-0.39, 0.29) is 30.7 Å². The van der Waals surface area contributed by atoms with E-state index in [9.17, 15) is 14.4 Å².